The van der Waals surface area contributed by atoms with Crippen LogP contribution in [0.3, 0.4) is 0 Å². The van der Waals surface area contributed by atoms with Crippen LogP contribution in [-0.4, -0.2) is 67.8 Å². The summed E-state index contributed by atoms with van der Waals surface area (Å²) in [6.45, 7) is 2.51. The molecule has 2 aromatic heterocycles. The number of aromatic nitrogens is 4. The number of H-pyrrole nitrogens is 1. The summed E-state index contributed by atoms with van der Waals surface area (Å²) in [4.78, 5) is 32.9. The Bertz CT molecular complexity index is 1370. The predicted octanol–water partition coefficient (Wildman–Crippen LogP) is 3.28. The normalized spacial score (nSPS) is 18.0. The highest BCUT2D eigenvalue weighted by Crippen LogP contribution is 2.28. The molecular formula is C25H23ClN6O3. The number of hydrogen-bond acceptors (Lipinski definition) is 5. The standard InChI is InChI=1S/C25H23ClN6O3/c26-18-7-5-16(6-8-18)22-14-32-21(15-35-22)23(28-29-32)25(34)31-11-9-30(10-12-31)24(33)20-13-17-3-1-2-4-19(17)27-20/h1-8,13,22,27H,9-12,14-15H2/t22-/m1/s1. The summed E-state index contributed by atoms with van der Waals surface area (Å²) in [5.74, 6) is -0.242. The topological polar surface area (TPSA) is 96.4 Å². The Balaban J connectivity index is 1.10. The van der Waals surface area contributed by atoms with E-state index in [9.17, 15) is 9.59 Å². The Labute approximate surface area is 206 Å². The van der Waals surface area contributed by atoms with Gasteiger partial charge in [-0.2, -0.15) is 0 Å². The molecule has 0 bridgehead atoms. The monoisotopic (exact) mass is 490 g/mol. The summed E-state index contributed by atoms with van der Waals surface area (Å²) in [6.07, 6.45) is -0.177. The molecule has 0 spiro atoms. The lowest BCUT2D eigenvalue weighted by atomic mass is 10.1. The first-order valence-electron chi connectivity index (χ1n) is 11.5. The average Bonchev–Trinajstić information content (AvgIpc) is 3.52. The molecule has 10 heteroatoms. The average molecular weight is 491 g/mol. The van der Waals surface area contributed by atoms with Crippen molar-refractivity contribution in [2.45, 2.75) is 19.3 Å². The number of para-hydroxylation sites is 1. The summed E-state index contributed by atoms with van der Waals surface area (Å²) in [7, 11) is 0. The molecule has 1 saturated heterocycles. The zero-order chi connectivity index (χ0) is 23.9. The van der Waals surface area contributed by atoms with Crippen LogP contribution in [0.15, 0.2) is 54.6 Å². The van der Waals surface area contributed by atoms with E-state index in [-0.39, 0.29) is 24.5 Å². The Morgan fingerprint density at radius 1 is 0.971 bits per heavy atom. The molecule has 2 aliphatic heterocycles. The van der Waals surface area contributed by atoms with Crippen molar-refractivity contribution in [1.82, 2.24) is 29.8 Å². The number of benzene rings is 2. The molecule has 2 aromatic carbocycles. The molecule has 0 radical (unpaired) electrons. The number of ether oxygens (including phenoxy) is 1. The number of aromatic amines is 1. The summed E-state index contributed by atoms with van der Waals surface area (Å²) in [6, 6.07) is 17.2. The van der Waals surface area contributed by atoms with Gasteiger partial charge in [0.1, 0.15) is 11.8 Å². The van der Waals surface area contributed by atoms with Crippen LogP contribution < -0.4 is 0 Å². The quantitative estimate of drug-likeness (QED) is 0.475. The van der Waals surface area contributed by atoms with E-state index in [1.54, 1.807) is 14.5 Å². The van der Waals surface area contributed by atoms with Crippen molar-refractivity contribution in [2.75, 3.05) is 26.2 Å². The molecule has 0 unspecified atom stereocenters. The van der Waals surface area contributed by atoms with Crippen LogP contribution in [0.4, 0.5) is 0 Å². The summed E-state index contributed by atoms with van der Waals surface area (Å²) in [5, 5.41) is 10.1. The van der Waals surface area contributed by atoms with Crippen molar-refractivity contribution in [3.05, 3.63) is 82.3 Å². The van der Waals surface area contributed by atoms with Crippen molar-refractivity contribution >= 4 is 34.3 Å². The third-order valence-corrected chi connectivity index (χ3v) is 6.91. The zero-order valence-electron chi connectivity index (χ0n) is 18.9. The van der Waals surface area contributed by atoms with Gasteiger partial charge in [0.2, 0.25) is 0 Å². The van der Waals surface area contributed by atoms with E-state index in [2.05, 4.69) is 15.3 Å². The van der Waals surface area contributed by atoms with Gasteiger partial charge in [-0.1, -0.05) is 47.1 Å². The number of hydrogen-bond donors (Lipinski definition) is 1. The van der Waals surface area contributed by atoms with Crippen molar-refractivity contribution < 1.29 is 14.3 Å². The minimum atomic E-state index is -0.183. The molecule has 1 N–H and O–H groups in total. The molecule has 1 fully saturated rings. The van der Waals surface area contributed by atoms with Gasteiger partial charge in [0, 0.05) is 42.1 Å². The molecule has 2 amide bonds. The third kappa shape index (κ3) is 4.06. The van der Waals surface area contributed by atoms with Crippen LogP contribution in [-0.2, 0) is 17.9 Å². The van der Waals surface area contributed by atoms with Crippen LogP contribution in [0.25, 0.3) is 10.9 Å². The number of fused-ring (bicyclic) bond motifs is 2. The van der Waals surface area contributed by atoms with Crippen LogP contribution >= 0.6 is 11.6 Å². The Hall–Kier alpha value is -3.69. The van der Waals surface area contributed by atoms with Gasteiger partial charge in [0.25, 0.3) is 11.8 Å². The number of carbonyl (C=O) groups is 2. The second-order valence-electron chi connectivity index (χ2n) is 8.77. The number of halogens is 1. The molecule has 0 saturated carbocycles. The molecule has 35 heavy (non-hydrogen) atoms. The van der Waals surface area contributed by atoms with E-state index in [1.807, 2.05) is 54.6 Å². The van der Waals surface area contributed by atoms with Gasteiger partial charge in [-0.3, -0.25) is 9.59 Å². The maximum absolute atomic E-state index is 13.2. The van der Waals surface area contributed by atoms with Gasteiger partial charge in [0.05, 0.1) is 18.8 Å². The van der Waals surface area contributed by atoms with Crippen LogP contribution in [0.1, 0.15) is 38.3 Å². The number of nitrogens with one attached hydrogen (secondary N) is 1. The molecule has 6 rings (SSSR count). The first kappa shape index (κ1) is 21.8. The lowest BCUT2D eigenvalue weighted by Gasteiger charge is -2.34. The van der Waals surface area contributed by atoms with Gasteiger partial charge in [-0.05, 0) is 29.8 Å². The molecule has 2 aliphatic rings. The largest absolute Gasteiger partial charge is 0.365 e. The molecular weight excluding hydrogens is 468 g/mol. The van der Waals surface area contributed by atoms with E-state index in [1.165, 1.54) is 0 Å². The highest BCUT2D eigenvalue weighted by Gasteiger charge is 2.32. The summed E-state index contributed by atoms with van der Waals surface area (Å²) >= 11 is 5.98. The predicted molar refractivity (Wildman–Crippen MR) is 129 cm³/mol. The minimum absolute atomic E-state index is 0.0593. The van der Waals surface area contributed by atoms with Gasteiger partial charge >= 0.3 is 0 Å². The number of rotatable bonds is 3. The lowest BCUT2D eigenvalue weighted by molar-refractivity contribution is -0.00202. The van der Waals surface area contributed by atoms with E-state index in [0.29, 0.717) is 54.8 Å². The number of carbonyl (C=O) groups excluding carboxylic acids is 2. The molecule has 1 atom stereocenters. The Morgan fingerprint density at radius 3 is 2.43 bits per heavy atom. The maximum atomic E-state index is 13.2. The van der Waals surface area contributed by atoms with Crippen LogP contribution in [0, 0.1) is 0 Å². The van der Waals surface area contributed by atoms with E-state index in [4.69, 9.17) is 16.3 Å². The van der Waals surface area contributed by atoms with Crippen molar-refractivity contribution in [2.24, 2.45) is 0 Å². The molecule has 4 heterocycles. The zero-order valence-corrected chi connectivity index (χ0v) is 19.6. The van der Waals surface area contributed by atoms with E-state index < -0.39 is 0 Å². The fraction of sp³-hybridized carbons (Fsp3) is 0.280. The lowest BCUT2D eigenvalue weighted by Crippen LogP contribution is -2.51. The SMILES string of the molecule is O=C(c1cc2ccccc2[nH]1)N1CCN(C(=O)c2nnn3c2CO[C@@H](c2ccc(Cl)cc2)C3)CC1. The van der Waals surface area contributed by atoms with Crippen LogP contribution in [0.2, 0.25) is 5.02 Å². The number of nitrogens with zero attached hydrogens (tertiary/aromatic N) is 5. The molecule has 0 aliphatic carbocycles. The van der Waals surface area contributed by atoms with Crippen molar-refractivity contribution in [3.63, 3.8) is 0 Å². The minimum Gasteiger partial charge on any atom is -0.365 e. The van der Waals surface area contributed by atoms with Crippen molar-refractivity contribution in [3.8, 4) is 0 Å². The summed E-state index contributed by atoms with van der Waals surface area (Å²) < 4.78 is 7.76. The highest BCUT2D eigenvalue weighted by atomic mass is 35.5. The second kappa shape index (κ2) is 8.83. The van der Waals surface area contributed by atoms with Gasteiger partial charge in [0.15, 0.2) is 5.69 Å². The van der Waals surface area contributed by atoms with E-state index >= 15 is 0 Å². The smallest absolute Gasteiger partial charge is 0.276 e. The van der Waals surface area contributed by atoms with Crippen molar-refractivity contribution in [1.29, 1.82) is 0 Å². The fourth-order valence-corrected chi connectivity index (χ4v) is 4.80. The fourth-order valence-electron chi connectivity index (χ4n) is 4.68. The van der Waals surface area contributed by atoms with E-state index in [0.717, 1.165) is 16.5 Å². The Kier molecular flexibility index (Phi) is 5.50. The second-order valence-corrected chi connectivity index (χ2v) is 9.21. The number of piperazine rings is 1. The Morgan fingerprint density at radius 2 is 1.69 bits per heavy atom. The first-order valence-corrected chi connectivity index (χ1v) is 11.9. The molecule has 178 valence electrons. The number of amides is 2. The maximum Gasteiger partial charge on any atom is 0.276 e. The third-order valence-electron chi connectivity index (χ3n) is 6.66. The summed E-state index contributed by atoms with van der Waals surface area (Å²) in [5.41, 5.74) is 3.49. The molecule has 4 aromatic rings. The first-order chi connectivity index (χ1) is 17.1. The van der Waals surface area contributed by atoms with Gasteiger partial charge in [-0.25, -0.2) is 4.68 Å². The van der Waals surface area contributed by atoms with Gasteiger partial charge < -0.3 is 19.5 Å². The highest BCUT2D eigenvalue weighted by molar-refractivity contribution is 6.30. The van der Waals surface area contributed by atoms with Crippen LogP contribution in [0.5, 0.6) is 0 Å². The van der Waals surface area contributed by atoms with Gasteiger partial charge in [-0.15, -0.1) is 5.10 Å². The molecule has 9 nitrogen and oxygen atoms in total.